The van der Waals surface area contributed by atoms with Crippen molar-refractivity contribution in [2.24, 2.45) is 0 Å². The van der Waals surface area contributed by atoms with Gasteiger partial charge in [-0.25, -0.2) is 0 Å². The normalized spacial score (nSPS) is 11.3. The Morgan fingerprint density at radius 2 is 2.06 bits per heavy atom. The molecule has 0 aliphatic carbocycles. The maximum Gasteiger partial charge on any atom is 0.420 e. The van der Waals surface area contributed by atoms with E-state index in [1.165, 1.54) is 18.2 Å². The lowest BCUT2D eigenvalue weighted by Crippen LogP contribution is -2.12. The Hall–Kier alpha value is -1.23. The third kappa shape index (κ3) is 2.88. The van der Waals surface area contributed by atoms with Gasteiger partial charge in [0.05, 0.1) is 7.11 Å². The number of methoxy groups -OCH3 is 1. The second-order valence-corrected chi connectivity index (χ2v) is 3.45. The van der Waals surface area contributed by atoms with E-state index in [-0.39, 0.29) is 11.3 Å². The second-order valence-electron chi connectivity index (χ2n) is 3.02. The fraction of sp³-hybridized carbons (Fsp3) is 0.300. The number of benzene rings is 1. The molecule has 0 bridgehead atoms. The van der Waals surface area contributed by atoms with Crippen LogP contribution in [0.15, 0.2) is 18.2 Å². The standard InChI is InChI=1S/C10H8ClF3O2/c1-16-7-4-2-3-6(5-8(11)15)9(7)10(12,13)14/h2-4H,5H2,1H3. The monoisotopic (exact) mass is 252 g/mol. The Morgan fingerprint density at radius 3 is 2.50 bits per heavy atom. The van der Waals surface area contributed by atoms with Gasteiger partial charge in [-0.1, -0.05) is 12.1 Å². The average Bonchev–Trinajstić information content (AvgIpc) is 2.14. The highest BCUT2D eigenvalue weighted by molar-refractivity contribution is 6.63. The van der Waals surface area contributed by atoms with Crippen molar-refractivity contribution in [1.29, 1.82) is 0 Å². The third-order valence-corrected chi connectivity index (χ3v) is 2.08. The zero-order chi connectivity index (χ0) is 12.3. The lowest BCUT2D eigenvalue weighted by atomic mass is 10.0. The fourth-order valence-corrected chi connectivity index (χ4v) is 1.51. The van der Waals surface area contributed by atoms with Gasteiger partial charge in [-0.05, 0) is 23.2 Å². The molecule has 88 valence electrons. The van der Waals surface area contributed by atoms with Crippen LogP contribution in [0.2, 0.25) is 0 Å². The molecule has 0 aromatic heterocycles. The first-order valence-electron chi connectivity index (χ1n) is 4.27. The predicted octanol–water partition coefficient (Wildman–Crippen LogP) is 3.02. The first kappa shape index (κ1) is 12.8. The summed E-state index contributed by atoms with van der Waals surface area (Å²) in [5, 5.41) is -0.848. The molecule has 0 radical (unpaired) electrons. The topological polar surface area (TPSA) is 26.3 Å². The smallest absolute Gasteiger partial charge is 0.420 e. The molecular weight excluding hydrogens is 245 g/mol. The van der Waals surface area contributed by atoms with Crippen LogP contribution in [0.1, 0.15) is 11.1 Å². The number of halogens is 4. The highest BCUT2D eigenvalue weighted by atomic mass is 35.5. The molecule has 6 heteroatoms. The van der Waals surface area contributed by atoms with Crippen molar-refractivity contribution in [2.45, 2.75) is 12.6 Å². The largest absolute Gasteiger partial charge is 0.496 e. The van der Waals surface area contributed by atoms with Gasteiger partial charge < -0.3 is 4.74 Å². The van der Waals surface area contributed by atoms with Gasteiger partial charge in [-0.2, -0.15) is 13.2 Å². The Kier molecular flexibility index (Phi) is 3.80. The number of ether oxygens (including phenoxy) is 1. The minimum absolute atomic E-state index is 0.188. The predicted molar refractivity (Wildman–Crippen MR) is 52.6 cm³/mol. The van der Waals surface area contributed by atoms with E-state index in [2.05, 4.69) is 4.74 Å². The van der Waals surface area contributed by atoms with E-state index in [1.807, 2.05) is 0 Å². The van der Waals surface area contributed by atoms with Crippen LogP contribution in [-0.2, 0) is 17.4 Å². The van der Waals surface area contributed by atoms with Crippen LogP contribution < -0.4 is 4.74 Å². The van der Waals surface area contributed by atoms with Crippen molar-refractivity contribution >= 4 is 16.8 Å². The van der Waals surface area contributed by atoms with Crippen LogP contribution >= 0.6 is 11.6 Å². The Bertz CT molecular complexity index is 402. The van der Waals surface area contributed by atoms with Gasteiger partial charge >= 0.3 is 6.18 Å². The molecule has 0 fully saturated rings. The van der Waals surface area contributed by atoms with Crippen molar-refractivity contribution in [3.8, 4) is 5.75 Å². The van der Waals surface area contributed by atoms with E-state index in [9.17, 15) is 18.0 Å². The van der Waals surface area contributed by atoms with Gasteiger partial charge in [0.1, 0.15) is 11.3 Å². The summed E-state index contributed by atoms with van der Waals surface area (Å²) in [4.78, 5) is 10.6. The molecular formula is C10H8ClF3O2. The Balaban J connectivity index is 3.32. The summed E-state index contributed by atoms with van der Waals surface area (Å²) in [5.74, 6) is -0.317. The first-order valence-corrected chi connectivity index (χ1v) is 4.65. The van der Waals surface area contributed by atoms with Crippen molar-refractivity contribution in [3.63, 3.8) is 0 Å². The van der Waals surface area contributed by atoms with Crippen molar-refractivity contribution in [1.82, 2.24) is 0 Å². The molecule has 0 unspecified atom stereocenters. The molecule has 1 aromatic carbocycles. The molecule has 0 amide bonds. The number of rotatable bonds is 3. The van der Waals surface area contributed by atoms with E-state index in [4.69, 9.17) is 11.6 Å². The SMILES string of the molecule is COc1cccc(CC(=O)Cl)c1C(F)(F)F. The molecule has 0 atom stereocenters. The quantitative estimate of drug-likeness (QED) is 0.773. The molecule has 0 saturated heterocycles. The van der Waals surface area contributed by atoms with Gasteiger partial charge in [-0.15, -0.1) is 0 Å². The highest BCUT2D eigenvalue weighted by Crippen LogP contribution is 2.38. The number of alkyl halides is 3. The van der Waals surface area contributed by atoms with E-state index in [0.29, 0.717) is 0 Å². The zero-order valence-corrected chi connectivity index (χ0v) is 9.02. The minimum atomic E-state index is -4.58. The average molecular weight is 253 g/mol. The Morgan fingerprint density at radius 1 is 1.44 bits per heavy atom. The zero-order valence-electron chi connectivity index (χ0n) is 8.27. The number of carbonyl (C=O) groups excluding carboxylic acids is 1. The second kappa shape index (κ2) is 4.74. The molecule has 1 rings (SSSR count). The van der Waals surface area contributed by atoms with Crippen LogP contribution in [-0.4, -0.2) is 12.4 Å². The third-order valence-electron chi connectivity index (χ3n) is 1.95. The Labute approximate surface area is 95.0 Å². The summed E-state index contributed by atoms with van der Waals surface area (Å²) < 4.78 is 42.8. The van der Waals surface area contributed by atoms with E-state index < -0.39 is 23.4 Å². The van der Waals surface area contributed by atoms with E-state index in [1.54, 1.807) is 0 Å². The summed E-state index contributed by atoms with van der Waals surface area (Å²) >= 11 is 5.08. The molecule has 1 aromatic rings. The van der Waals surface area contributed by atoms with E-state index >= 15 is 0 Å². The number of hydrogen-bond donors (Lipinski definition) is 0. The first-order chi connectivity index (χ1) is 7.36. The van der Waals surface area contributed by atoms with Crippen molar-refractivity contribution < 1.29 is 22.7 Å². The lowest BCUT2D eigenvalue weighted by molar-refractivity contribution is -0.139. The lowest BCUT2D eigenvalue weighted by Gasteiger charge is -2.15. The summed E-state index contributed by atoms with van der Waals surface area (Å²) in [6.45, 7) is 0. The van der Waals surface area contributed by atoms with Crippen LogP contribution in [0, 0.1) is 0 Å². The molecule has 0 aliphatic heterocycles. The maximum absolute atomic E-state index is 12.7. The molecule has 0 heterocycles. The molecule has 0 aliphatic rings. The van der Waals surface area contributed by atoms with Crippen molar-refractivity contribution in [3.05, 3.63) is 29.3 Å². The van der Waals surface area contributed by atoms with Gasteiger partial charge in [-0.3, -0.25) is 4.79 Å². The summed E-state index contributed by atoms with van der Waals surface area (Å²) in [6.07, 6.45) is -5.05. The van der Waals surface area contributed by atoms with Crippen LogP contribution in [0.3, 0.4) is 0 Å². The van der Waals surface area contributed by atoms with Crippen LogP contribution in [0.4, 0.5) is 13.2 Å². The molecule has 2 nitrogen and oxygen atoms in total. The van der Waals surface area contributed by atoms with Gasteiger partial charge in [0, 0.05) is 6.42 Å². The molecule has 16 heavy (non-hydrogen) atoms. The molecule has 0 spiro atoms. The fourth-order valence-electron chi connectivity index (χ4n) is 1.37. The van der Waals surface area contributed by atoms with Crippen molar-refractivity contribution in [2.75, 3.05) is 7.11 Å². The summed E-state index contributed by atoms with van der Waals surface area (Å²) in [7, 11) is 1.14. The maximum atomic E-state index is 12.7. The van der Waals surface area contributed by atoms with Crippen LogP contribution in [0.5, 0.6) is 5.75 Å². The minimum Gasteiger partial charge on any atom is -0.496 e. The number of carbonyl (C=O) groups is 1. The molecule has 0 N–H and O–H groups in total. The van der Waals surface area contributed by atoms with Gasteiger partial charge in [0.15, 0.2) is 0 Å². The summed E-state index contributed by atoms with van der Waals surface area (Å²) in [5.41, 5.74) is -1.14. The van der Waals surface area contributed by atoms with Gasteiger partial charge in [0.25, 0.3) is 0 Å². The summed E-state index contributed by atoms with van der Waals surface area (Å²) in [6, 6.07) is 3.76. The van der Waals surface area contributed by atoms with Gasteiger partial charge in [0.2, 0.25) is 5.24 Å². The molecule has 0 saturated carbocycles. The number of hydrogen-bond acceptors (Lipinski definition) is 2. The highest BCUT2D eigenvalue weighted by Gasteiger charge is 2.37. The van der Waals surface area contributed by atoms with Crippen LogP contribution in [0.25, 0.3) is 0 Å². The van der Waals surface area contributed by atoms with E-state index in [0.717, 1.165) is 7.11 Å².